The van der Waals surface area contributed by atoms with Crippen LogP contribution in [0.15, 0.2) is 53.7 Å². The molecule has 1 atom stereocenters. The van der Waals surface area contributed by atoms with Crippen LogP contribution < -0.4 is 0 Å². The first-order valence-corrected chi connectivity index (χ1v) is 13.0. The molecule has 34 heavy (non-hydrogen) atoms. The zero-order valence-corrected chi connectivity index (χ0v) is 20.3. The van der Waals surface area contributed by atoms with Gasteiger partial charge in [-0.15, -0.1) is 10.2 Å². The van der Waals surface area contributed by atoms with Crippen LogP contribution in [0.25, 0.3) is 5.69 Å². The van der Waals surface area contributed by atoms with E-state index in [9.17, 15) is 9.18 Å². The number of nitrogens with zero attached hydrogens (tertiary/aromatic N) is 5. The molecule has 6 nitrogen and oxygen atoms in total. The number of likely N-dealkylation sites (tertiary alicyclic amines) is 1. The molecule has 1 fully saturated rings. The molecule has 2 aliphatic heterocycles. The normalized spacial score (nSPS) is 17.4. The van der Waals surface area contributed by atoms with Crippen molar-refractivity contribution >= 4 is 17.7 Å². The Hall–Kier alpha value is -2.71. The van der Waals surface area contributed by atoms with Gasteiger partial charge in [0.25, 0.3) is 0 Å². The number of piperidine rings is 1. The monoisotopic (exact) mass is 479 g/mol. The van der Waals surface area contributed by atoms with Crippen LogP contribution in [-0.2, 0) is 17.8 Å². The Labute approximate surface area is 204 Å². The highest BCUT2D eigenvalue weighted by molar-refractivity contribution is 7.99. The van der Waals surface area contributed by atoms with Gasteiger partial charge < -0.3 is 4.90 Å². The highest BCUT2D eigenvalue weighted by Crippen LogP contribution is 2.30. The van der Waals surface area contributed by atoms with E-state index in [1.54, 1.807) is 12.1 Å². The second-order valence-electron chi connectivity index (χ2n) is 9.05. The van der Waals surface area contributed by atoms with Crippen LogP contribution in [-0.4, -0.2) is 55.9 Å². The van der Waals surface area contributed by atoms with E-state index in [1.807, 2.05) is 15.5 Å². The van der Waals surface area contributed by atoms with E-state index in [2.05, 4.69) is 40.2 Å². The van der Waals surface area contributed by atoms with Gasteiger partial charge in [-0.25, -0.2) is 4.39 Å². The molecule has 1 aromatic heterocycles. The average molecular weight is 480 g/mol. The number of carbonyl (C=O) groups excluding carboxylic acids is 1. The number of thioether (sulfide) groups is 1. The average Bonchev–Trinajstić information content (AvgIpc) is 3.31. The van der Waals surface area contributed by atoms with E-state index >= 15 is 0 Å². The van der Waals surface area contributed by atoms with Crippen molar-refractivity contribution in [1.82, 2.24) is 24.6 Å². The van der Waals surface area contributed by atoms with Gasteiger partial charge in [-0.3, -0.25) is 14.3 Å². The number of benzene rings is 2. The van der Waals surface area contributed by atoms with Crippen LogP contribution in [0, 0.1) is 5.82 Å². The van der Waals surface area contributed by atoms with Crippen LogP contribution in [0.2, 0.25) is 0 Å². The lowest BCUT2D eigenvalue weighted by Gasteiger charge is -2.32. The minimum atomic E-state index is -0.280. The molecular formula is C26H30FN5OS. The van der Waals surface area contributed by atoms with E-state index in [-0.39, 0.29) is 17.8 Å². The predicted octanol–water partition coefficient (Wildman–Crippen LogP) is 4.63. The van der Waals surface area contributed by atoms with Gasteiger partial charge in [0, 0.05) is 18.8 Å². The van der Waals surface area contributed by atoms with Crippen molar-refractivity contribution in [3.05, 3.63) is 71.3 Å². The molecule has 0 spiro atoms. The van der Waals surface area contributed by atoms with Gasteiger partial charge in [0.2, 0.25) is 5.91 Å². The minimum Gasteiger partial charge on any atom is -0.337 e. The van der Waals surface area contributed by atoms with E-state index < -0.39 is 0 Å². The van der Waals surface area contributed by atoms with Crippen molar-refractivity contribution in [1.29, 1.82) is 0 Å². The van der Waals surface area contributed by atoms with Crippen LogP contribution in [0.5, 0.6) is 0 Å². The van der Waals surface area contributed by atoms with Crippen molar-refractivity contribution in [3.63, 3.8) is 0 Å². The zero-order chi connectivity index (χ0) is 23.5. The molecule has 0 N–H and O–H groups in total. The van der Waals surface area contributed by atoms with Gasteiger partial charge in [0.1, 0.15) is 5.82 Å². The maximum Gasteiger partial charge on any atom is 0.233 e. The van der Waals surface area contributed by atoms with Crippen molar-refractivity contribution in [2.24, 2.45) is 0 Å². The molecule has 3 aromatic rings. The molecule has 1 amide bonds. The maximum atomic E-state index is 13.6. The maximum absolute atomic E-state index is 13.6. The summed E-state index contributed by atoms with van der Waals surface area (Å²) in [6, 6.07) is 14.8. The molecular weight excluding hydrogens is 449 g/mol. The molecule has 1 unspecified atom stereocenters. The summed E-state index contributed by atoms with van der Waals surface area (Å²) in [4.78, 5) is 17.4. The molecule has 2 aliphatic rings. The second-order valence-corrected chi connectivity index (χ2v) is 9.99. The standard InChI is InChI=1S/C26H30FN5OS/c1-19(30-14-5-2-6-15-30)25-28-29-26(32(25)23-11-9-22(27)10-12-23)34-18-24(33)31-16-13-20-7-3-4-8-21(20)17-31/h3-4,7-12,19H,2,5-6,13-18H2,1H3. The largest absolute Gasteiger partial charge is 0.337 e. The molecule has 5 rings (SSSR count). The lowest BCUT2D eigenvalue weighted by atomic mass is 10.00. The fraction of sp³-hybridized carbons (Fsp3) is 0.423. The summed E-state index contributed by atoms with van der Waals surface area (Å²) in [7, 11) is 0. The van der Waals surface area contributed by atoms with Crippen LogP contribution >= 0.6 is 11.8 Å². The van der Waals surface area contributed by atoms with Crippen molar-refractivity contribution in [2.45, 2.75) is 50.4 Å². The summed E-state index contributed by atoms with van der Waals surface area (Å²) in [6.45, 7) is 5.61. The Morgan fingerprint density at radius 2 is 1.74 bits per heavy atom. The van der Waals surface area contributed by atoms with E-state index in [4.69, 9.17) is 0 Å². The molecule has 0 radical (unpaired) electrons. The van der Waals surface area contributed by atoms with E-state index in [0.29, 0.717) is 17.5 Å². The number of aromatic nitrogens is 3. The van der Waals surface area contributed by atoms with Crippen molar-refractivity contribution in [2.75, 3.05) is 25.4 Å². The summed E-state index contributed by atoms with van der Waals surface area (Å²) >= 11 is 1.40. The Morgan fingerprint density at radius 1 is 1.00 bits per heavy atom. The Kier molecular flexibility index (Phi) is 6.97. The highest BCUT2D eigenvalue weighted by atomic mass is 32.2. The number of hydrogen-bond donors (Lipinski definition) is 0. The summed E-state index contributed by atoms with van der Waals surface area (Å²) in [6.07, 6.45) is 4.52. The van der Waals surface area contributed by atoms with Crippen molar-refractivity contribution in [3.8, 4) is 5.69 Å². The Morgan fingerprint density at radius 3 is 2.50 bits per heavy atom. The smallest absolute Gasteiger partial charge is 0.233 e. The lowest BCUT2D eigenvalue weighted by Crippen LogP contribution is -2.37. The summed E-state index contributed by atoms with van der Waals surface area (Å²) < 4.78 is 15.6. The molecule has 2 aromatic carbocycles. The zero-order valence-electron chi connectivity index (χ0n) is 19.5. The molecule has 8 heteroatoms. The summed E-state index contributed by atoms with van der Waals surface area (Å²) in [5.41, 5.74) is 3.36. The van der Waals surface area contributed by atoms with Gasteiger partial charge in [0.15, 0.2) is 11.0 Å². The SMILES string of the molecule is CC(c1nnc(SCC(=O)N2CCc3ccccc3C2)n1-c1ccc(F)cc1)N1CCCCC1. The number of fused-ring (bicyclic) bond motifs is 1. The fourth-order valence-corrected chi connectivity index (χ4v) is 5.74. The molecule has 3 heterocycles. The number of carbonyl (C=O) groups is 1. The number of halogens is 1. The predicted molar refractivity (Wildman–Crippen MR) is 131 cm³/mol. The third-order valence-electron chi connectivity index (χ3n) is 6.86. The summed E-state index contributed by atoms with van der Waals surface area (Å²) in [5.74, 6) is 0.936. The first-order chi connectivity index (χ1) is 16.6. The first-order valence-electron chi connectivity index (χ1n) is 12.0. The van der Waals surface area contributed by atoms with Crippen LogP contribution in [0.1, 0.15) is 49.2 Å². The number of rotatable bonds is 6. The Bertz CT molecular complexity index is 1140. The third kappa shape index (κ3) is 4.88. The Balaban J connectivity index is 1.35. The molecule has 0 aliphatic carbocycles. The van der Waals surface area contributed by atoms with Gasteiger partial charge in [-0.05, 0) is 74.7 Å². The highest BCUT2D eigenvalue weighted by Gasteiger charge is 2.27. The topological polar surface area (TPSA) is 54.3 Å². The first kappa shape index (κ1) is 23.1. The van der Waals surface area contributed by atoms with Gasteiger partial charge in [-0.1, -0.05) is 42.4 Å². The molecule has 0 bridgehead atoms. The lowest BCUT2D eigenvalue weighted by molar-refractivity contribution is -0.129. The third-order valence-corrected chi connectivity index (χ3v) is 7.78. The van der Waals surface area contributed by atoms with Gasteiger partial charge in [0.05, 0.1) is 11.8 Å². The fourth-order valence-electron chi connectivity index (χ4n) is 4.87. The van der Waals surface area contributed by atoms with Crippen LogP contribution in [0.3, 0.4) is 0 Å². The molecule has 1 saturated heterocycles. The summed E-state index contributed by atoms with van der Waals surface area (Å²) in [5, 5.41) is 9.67. The minimum absolute atomic E-state index is 0.0847. The number of hydrogen-bond acceptors (Lipinski definition) is 5. The number of amides is 1. The molecule has 0 saturated carbocycles. The van der Waals surface area contributed by atoms with E-state index in [0.717, 1.165) is 37.6 Å². The second kappa shape index (κ2) is 10.3. The van der Waals surface area contributed by atoms with Crippen LogP contribution in [0.4, 0.5) is 4.39 Å². The van der Waals surface area contributed by atoms with Gasteiger partial charge >= 0.3 is 0 Å². The van der Waals surface area contributed by atoms with Gasteiger partial charge in [-0.2, -0.15) is 0 Å². The quantitative estimate of drug-likeness (QED) is 0.483. The van der Waals surface area contributed by atoms with E-state index in [1.165, 1.54) is 54.3 Å². The molecule has 178 valence electrons. The van der Waals surface area contributed by atoms with Crippen molar-refractivity contribution < 1.29 is 9.18 Å².